The molecule has 8 aromatic rings. The number of carbonyl (C=O) groups is 5. The average Bonchev–Trinajstić information content (AvgIpc) is 3.32. The molecule has 25 heteroatoms. The standard InChI is InChI=1S/C35H42FN7O5.C30H34FN7O3.ClH/c1-22-19-25(40-30-31-39-21-28(43(31)18-14-37-30)24-7-10-29(47-6)27(36)20-24)8-9-26(22)33(45)42-15-11-23(12-16-42)32(44)38-13-17-41(5)34(46)48-35(2,3)4;1-19-16-22(5-6-23(19)30(40)37-13-8-20(9-14-37)29(39)34-11-10-32-2)36-27-28-35-18-25(38(28)15-12-33-27)21-4-7-26(41-3)24(31)17-21;/h7-10,14,18-21,23H,11-13,15-17H2,1-6H3,(H,37,40)(H,38,44);4-7,12,15-18,20,32H,8-11,13-14H2,1-3H3,(H,33,36)(H,34,39);1H. The van der Waals surface area contributed by atoms with Crippen LogP contribution in [0.25, 0.3) is 33.8 Å². The summed E-state index contributed by atoms with van der Waals surface area (Å²) in [4.78, 5) is 87.0. The van der Waals surface area contributed by atoms with Gasteiger partial charge in [0.15, 0.2) is 46.1 Å². The van der Waals surface area contributed by atoms with Gasteiger partial charge in [-0.25, -0.2) is 33.5 Å². The van der Waals surface area contributed by atoms with Gasteiger partial charge in [0.1, 0.15) is 5.60 Å². The van der Waals surface area contributed by atoms with Gasteiger partial charge in [-0.15, -0.1) is 12.4 Å². The summed E-state index contributed by atoms with van der Waals surface area (Å²) in [6, 6.07) is 20.6. The van der Waals surface area contributed by atoms with E-state index in [4.69, 9.17) is 14.2 Å². The Balaban J connectivity index is 0.000000232. The number of methoxy groups -OCH3 is 2. The van der Waals surface area contributed by atoms with Gasteiger partial charge in [0.05, 0.1) is 38.0 Å². The van der Waals surface area contributed by atoms with Crippen LogP contribution >= 0.6 is 12.4 Å². The lowest BCUT2D eigenvalue weighted by atomic mass is 9.95. The van der Waals surface area contributed by atoms with Crippen molar-refractivity contribution >= 4 is 76.4 Å². The molecule has 0 aliphatic carbocycles. The number of ether oxygens (including phenoxy) is 3. The number of benzene rings is 4. The van der Waals surface area contributed by atoms with Crippen molar-refractivity contribution in [2.24, 2.45) is 11.8 Å². The third-order valence-corrected chi connectivity index (χ3v) is 15.6. The Hall–Kier alpha value is -9.42. The zero-order chi connectivity index (χ0) is 63.5. The van der Waals surface area contributed by atoms with Crippen LogP contribution in [0.4, 0.5) is 36.6 Å². The van der Waals surface area contributed by atoms with Gasteiger partial charge in [0, 0.05) is 130 Å². The number of likely N-dealkylation sites (tertiary alicyclic amines) is 2. The van der Waals surface area contributed by atoms with Crippen LogP contribution in [0.2, 0.25) is 0 Å². The number of likely N-dealkylation sites (N-methyl/N-ethyl adjacent to an activating group) is 2. The van der Waals surface area contributed by atoms with Crippen LogP contribution in [0.3, 0.4) is 0 Å². The maximum atomic E-state index is 14.4. The quantitative estimate of drug-likeness (QED) is 0.0502. The fraction of sp³-hybridized carbons (Fsp3) is 0.369. The largest absolute Gasteiger partial charge is 0.494 e. The summed E-state index contributed by atoms with van der Waals surface area (Å²) in [5.41, 5.74) is 7.60. The van der Waals surface area contributed by atoms with Crippen molar-refractivity contribution in [3.8, 4) is 34.0 Å². The van der Waals surface area contributed by atoms with Crippen molar-refractivity contribution in [2.75, 3.05) is 91.3 Å². The van der Waals surface area contributed by atoms with Crippen molar-refractivity contribution in [3.05, 3.63) is 144 Å². The number of halogens is 3. The lowest BCUT2D eigenvalue weighted by Gasteiger charge is -2.32. The first kappa shape index (κ1) is 66.5. The van der Waals surface area contributed by atoms with E-state index in [-0.39, 0.29) is 59.4 Å². The van der Waals surface area contributed by atoms with E-state index in [0.29, 0.717) is 128 Å². The molecule has 5 N–H and O–H groups in total. The molecule has 2 fully saturated rings. The third kappa shape index (κ3) is 15.9. The van der Waals surface area contributed by atoms with E-state index in [1.165, 1.54) is 31.3 Å². The zero-order valence-electron chi connectivity index (χ0n) is 52.0. The summed E-state index contributed by atoms with van der Waals surface area (Å²) in [5.74, 6) is 0.0714. The van der Waals surface area contributed by atoms with Crippen molar-refractivity contribution in [2.45, 2.75) is 65.9 Å². The second kappa shape index (κ2) is 29.7. The number of nitrogens with one attached hydrogen (secondary N) is 5. The maximum Gasteiger partial charge on any atom is 0.410 e. The molecule has 5 amide bonds. The number of aryl methyl sites for hydroxylation is 2. The Morgan fingerprint density at radius 3 is 1.43 bits per heavy atom. The van der Waals surface area contributed by atoms with Gasteiger partial charge >= 0.3 is 6.09 Å². The first-order valence-corrected chi connectivity index (χ1v) is 29.5. The van der Waals surface area contributed by atoms with Crippen LogP contribution in [0.1, 0.15) is 78.3 Å². The van der Waals surface area contributed by atoms with Gasteiger partial charge in [-0.3, -0.25) is 28.0 Å². The van der Waals surface area contributed by atoms with Crippen molar-refractivity contribution in [1.82, 2.24) is 59.4 Å². The number of rotatable bonds is 18. The van der Waals surface area contributed by atoms with E-state index in [9.17, 15) is 32.8 Å². The Labute approximate surface area is 527 Å². The van der Waals surface area contributed by atoms with E-state index in [0.717, 1.165) is 29.0 Å². The van der Waals surface area contributed by atoms with Gasteiger partial charge in [0.2, 0.25) is 11.8 Å². The third-order valence-electron chi connectivity index (χ3n) is 15.6. The molecule has 6 heterocycles. The van der Waals surface area contributed by atoms with E-state index in [1.54, 1.807) is 100 Å². The van der Waals surface area contributed by atoms with Crippen molar-refractivity contribution in [3.63, 3.8) is 0 Å². The van der Waals surface area contributed by atoms with Gasteiger partial charge in [-0.2, -0.15) is 0 Å². The highest BCUT2D eigenvalue weighted by atomic mass is 35.5. The Morgan fingerprint density at radius 1 is 0.611 bits per heavy atom. The molecular weight excluding hydrogens is 1180 g/mol. The van der Waals surface area contributed by atoms with Gasteiger partial charge < -0.3 is 55.5 Å². The predicted molar refractivity (Wildman–Crippen MR) is 342 cm³/mol. The zero-order valence-corrected chi connectivity index (χ0v) is 52.8. The fourth-order valence-electron chi connectivity index (χ4n) is 10.7. The number of piperidine rings is 2. The Bertz CT molecular complexity index is 3880. The molecule has 0 atom stereocenters. The van der Waals surface area contributed by atoms with Crippen LogP contribution in [0.5, 0.6) is 11.5 Å². The van der Waals surface area contributed by atoms with Crippen LogP contribution < -0.4 is 36.1 Å². The molecule has 90 heavy (non-hydrogen) atoms. The normalized spacial score (nSPS) is 13.6. The van der Waals surface area contributed by atoms with Crippen molar-refractivity contribution in [1.29, 1.82) is 0 Å². The molecule has 2 aliphatic heterocycles. The summed E-state index contributed by atoms with van der Waals surface area (Å²) in [7, 11) is 6.33. The summed E-state index contributed by atoms with van der Waals surface area (Å²) in [6.07, 6.45) is 12.1. The molecule has 2 aliphatic rings. The molecule has 10 rings (SSSR count). The molecule has 4 aromatic heterocycles. The molecule has 2 saturated heterocycles. The maximum absolute atomic E-state index is 14.4. The minimum absolute atomic E-state index is 0. The Kier molecular flexibility index (Phi) is 22.0. The first-order valence-electron chi connectivity index (χ1n) is 29.5. The molecule has 0 saturated carbocycles. The lowest BCUT2D eigenvalue weighted by molar-refractivity contribution is -0.127. The first-order chi connectivity index (χ1) is 42.7. The predicted octanol–water partition coefficient (Wildman–Crippen LogP) is 9.64. The molecule has 0 unspecified atom stereocenters. The molecule has 476 valence electrons. The number of carbonyl (C=O) groups excluding carboxylic acids is 5. The van der Waals surface area contributed by atoms with Crippen LogP contribution in [-0.2, 0) is 14.3 Å². The SMILES string of the molecule is CNCCNC(=O)C1CCN(C(=O)c2ccc(Nc3nccn4c(-c5ccc(OC)c(F)c5)cnc34)cc2C)CC1.COc1ccc(-c2cnc3c(Nc4ccc(C(=O)N5CCC(C(=O)NCCN(C)C(=O)OC(C)(C)C)CC5)c(C)c4)nccn23)cc1F.Cl. The van der Waals surface area contributed by atoms with Gasteiger partial charge in [0.25, 0.3) is 11.8 Å². The highest BCUT2D eigenvalue weighted by Gasteiger charge is 2.31. The number of imidazole rings is 2. The van der Waals surface area contributed by atoms with Crippen LogP contribution in [0.15, 0.2) is 110 Å². The lowest BCUT2D eigenvalue weighted by Crippen LogP contribution is -2.45. The summed E-state index contributed by atoms with van der Waals surface area (Å²) < 4.78 is 47.8. The minimum Gasteiger partial charge on any atom is -0.494 e. The van der Waals surface area contributed by atoms with E-state index in [2.05, 4.69) is 46.5 Å². The number of hydrogen-bond donors (Lipinski definition) is 5. The highest BCUT2D eigenvalue weighted by Crippen LogP contribution is 2.32. The molecule has 22 nitrogen and oxygen atoms in total. The average molecular weight is 1260 g/mol. The monoisotopic (exact) mass is 1250 g/mol. The summed E-state index contributed by atoms with van der Waals surface area (Å²) in [6.45, 7) is 13.2. The highest BCUT2D eigenvalue weighted by molar-refractivity contribution is 5.97. The van der Waals surface area contributed by atoms with E-state index < -0.39 is 23.3 Å². The summed E-state index contributed by atoms with van der Waals surface area (Å²) in [5, 5.41) is 15.5. The second-order valence-corrected chi connectivity index (χ2v) is 23.0. The molecular formula is C65H77ClF2N14O8. The topological polar surface area (TPSA) is 243 Å². The smallest absolute Gasteiger partial charge is 0.410 e. The minimum atomic E-state index is -0.584. The second-order valence-electron chi connectivity index (χ2n) is 23.0. The molecule has 4 aromatic carbocycles. The van der Waals surface area contributed by atoms with E-state index in [1.807, 2.05) is 64.9 Å². The number of nitrogens with zero attached hydrogens (tertiary/aromatic N) is 9. The fourth-order valence-corrected chi connectivity index (χ4v) is 10.7. The number of fused-ring (bicyclic) bond motifs is 2. The summed E-state index contributed by atoms with van der Waals surface area (Å²) >= 11 is 0. The number of aromatic nitrogens is 6. The molecule has 0 spiro atoms. The van der Waals surface area contributed by atoms with Gasteiger partial charge in [-0.1, -0.05) is 0 Å². The number of anilines is 4. The number of hydrogen-bond acceptors (Lipinski definition) is 15. The van der Waals surface area contributed by atoms with Gasteiger partial charge in [-0.05, 0) is 151 Å². The molecule has 0 radical (unpaired) electrons. The molecule has 0 bridgehead atoms. The van der Waals surface area contributed by atoms with Crippen LogP contribution in [-0.4, -0.2) is 159 Å². The van der Waals surface area contributed by atoms with Crippen LogP contribution in [0, 0.1) is 37.3 Å². The van der Waals surface area contributed by atoms with Crippen molar-refractivity contribution < 1.29 is 47.0 Å². The Morgan fingerprint density at radius 2 is 1.04 bits per heavy atom. The van der Waals surface area contributed by atoms with E-state index >= 15 is 0 Å². The number of amides is 5.